The minimum atomic E-state index is -3.83. The normalized spacial score (nSPS) is 18.5. The van der Waals surface area contributed by atoms with E-state index in [1.54, 1.807) is 49.4 Å². The summed E-state index contributed by atoms with van der Waals surface area (Å²) in [5.41, 5.74) is 1.18. The molecule has 2 aliphatic heterocycles. The van der Waals surface area contributed by atoms with E-state index in [4.69, 9.17) is 11.6 Å². The van der Waals surface area contributed by atoms with Crippen molar-refractivity contribution in [2.45, 2.75) is 17.9 Å². The van der Waals surface area contributed by atoms with E-state index >= 15 is 0 Å². The fourth-order valence-electron chi connectivity index (χ4n) is 4.17. The number of fused-ring (bicyclic) bond motifs is 2. The van der Waals surface area contributed by atoms with Crippen molar-refractivity contribution in [1.82, 2.24) is 9.88 Å². The number of aromatic nitrogens is 1. The fraction of sp³-hybridized carbons (Fsp3) is 0.0870. The Bertz CT molecular complexity index is 1330. The lowest BCUT2D eigenvalue weighted by Crippen LogP contribution is -2.45. The number of pyridine rings is 1. The molecule has 2 aromatic carbocycles. The molecule has 5 rings (SSSR count). The molecule has 1 atom stereocenters. The van der Waals surface area contributed by atoms with Gasteiger partial charge in [0, 0.05) is 11.6 Å². The van der Waals surface area contributed by atoms with Crippen LogP contribution in [0.5, 0.6) is 0 Å². The van der Waals surface area contributed by atoms with Crippen molar-refractivity contribution in [3.8, 4) is 0 Å². The summed E-state index contributed by atoms with van der Waals surface area (Å²) in [6.07, 6.45) is 3.86. The predicted molar refractivity (Wildman–Crippen MR) is 124 cm³/mol. The third-order valence-electron chi connectivity index (χ3n) is 5.63. The van der Waals surface area contributed by atoms with Crippen LogP contribution in [-0.2, 0) is 0 Å². The summed E-state index contributed by atoms with van der Waals surface area (Å²) in [6, 6.07) is 11.4. The van der Waals surface area contributed by atoms with Crippen molar-refractivity contribution in [2.75, 3.05) is 4.31 Å². The van der Waals surface area contributed by atoms with E-state index in [0.717, 1.165) is 21.5 Å². The summed E-state index contributed by atoms with van der Waals surface area (Å²) in [6.45, 7) is 1.60. The Balaban J connectivity index is 1.70. The van der Waals surface area contributed by atoms with Gasteiger partial charge in [0.2, 0.25) is 0 Å². The van der Waals surface area contributed by atoms with E-state index in [1.165, 1.54) is 12.3 Å². The largest absolute Gasteiger partial charge is 0.277 e. The van der Waals surface area contributed by atoms with Gasteiger partial charge in [0.05, 0.1) is 46.0 Å². The van der Waals surface area contributed by atoms with Gasteiger partial charge >= 0.3 is 0 Å². The number of hydrogen-bond donors (Lipinski definition) is 2. The highest BCUT2D eigenvalue weighted by Crippen LogP contribution is 2.62. The van der Waals surface area contributed by atoms with E-state index < -0.39 is 34.4 Å². The Hall–Kier alpha value is -3.24. The highest BCUT2D eigenvalue weighted by Gasteiger charge is 2.45. The van der Waals surface area contributed by atoms with Gasteiger partial charge in [-0.2, -0.15) is 0 Å². The van der Waals surface area contributed by atoms with Crippen molar-refractivity contribution >= 4 is 46.0 Å². The van der Waals surface area contributed by atoms with E-state index in [9.17, 15) is 23.1 Å². The number of halogens is 2. The van der Waals surface area contributed by atoms with Crippen molar-refractivity contribution in [3.05, 3.63) is 94.2 Å². The number of hydrogen-bond acceptors (Lipinski definition) is 6. The topological polar surface area (TPSA) is 94.0 Å². The highest BCUT2D eigenvalue weighted by molar-refractivity contribution is 8.25. The third-order valence-corrected chi connectivity index (χ3v) is 7.99. The average Bonchev–Trinajstić information content (AvgIpc) is 3.03. The first-order chi connectivity index (χ1) is 15.7. The maximum Gasteiger partial charge on any atom is 0.262 e. The molecule has 10 heteroatoms. The van der Waals surface area contributed by atoms with Crippen LogP contribution in [0.1, 0.15) is 33.2 Å². The van der Waals surface area contributed by atoms with Crippen molar-refractivity contribution in [2.24, 2.45) is 0 Å². The monoisotopic (exact) mass is 485 g/mol. The van der Waals surface area contributed by atoms with Crippen LogP contribution < -0.4 is 4.31 Å². The average molecular weight is 486 g/mol. The smallest absolute Gasteiger partial charge is 0.262 e. The standard InChI is InChI=1S/C23H17ClFN3O4S/c1-13(27-22(29)17-6-2-3-7-18(17)23(27)30)20-9-14-5-4-8-19(24)21(14)33(31,32)28(20)16-10-15(25)11-26-12-16/h2-13,31-32H,1H3/t13-/m0/s1. The molecule has 0 radical (unpaired) electrons. The zero-order chi connectivity index (χ0) is 23.5. The zero-order valence-electron chi connectivity index (χ0n) is 17.1. The summed E-state index contributed by atoms with van der Waals surface area (Å²) >= 11 is 6.31. The second-order valence-electron chi connectivity index (χ2n) is 7.60. The molecule has 0 spiro atoms. The van der Waals surface area contributed by atoms with Crippen molar-refractivity contribution in [3.63, 3.8) is 0 Å². The molecule has 2 aliphatic rings. The molecule has 2 N–H and O–H groups in total. The lowest BCUT2D eigenvalue weighted by molar-refractivity contribution is 0.0618. The molecule has 7 nitrogen and oxygen atoms in total. The quantitative estimate of drug-likeness (QED) is 0.479. The predicted octanol–water partition coefficient (Wildman–Crippen LogP) is 5.44. The first kappa shape index (κ1) is 21.6. The maximum atomic E-state index is 14.1. The Morgan fingerprint density at radius 2 is 1.70 bits per heavy atom. The van der Waals surface area contributed by atoms with Gasteiger partial charge in [-0.05, 0) is 31.2 Å². The molecule has 2 amide bonds. The second kappa shape index (κ2) is 7.67. The number of amides is 2. The van der Waals surface area contributed by atoms with Gasteiger partial charge in [-0.25, -0.2) is 8.70 Å². The van der Waals surface area contributed by atoms with Crippen LogP contribution in [0.25, 0.3) is 6.08 Å². The molecular weight excluding hydrogens is 469 g/mol. The van der Waals surface area contributed by atoms with Gasteiger partial charge in [0.1, 0.15) is 10.7 Å². The first-order valence-corrected chi connectivity index (χ1v) is 11.8. The second-order valence-corrected chi connectivity index (χ2v) is 9.82. The molecule has 0 saturated carbocycles. The Morgan fingerprint density at radius 1 is 1.03 bits per heavy atom. The van der Waals surface area contributed by atoms with Gasteiger partial charge in [-0.15, -0.1) is 0 Å². The van der Waals surface area contributed by atoms with E-state index in [-0.39, 0.29) is 32.4 Å². The van der Waals surface area contributed by atoms with Crippen LogP contribution in [0.2, 0.25) is 5.02 Å². The molecule has 0 bridgehead atoms. The van der Waals surface area contributed by atoms with Gasteiger partial charge in [0.25, 0.3) is 11.8 Å². The van der Waals surface area contributed by atoms with Crippen LogP contribution >= 0.6 is 22.4 Å². The summed E-state index contributed by atoms with van der Waals surface area (Å²) in [5.74, 6) is -1.70. The van der Waals surface area contributed by atoms with Gasteiger partial charge in [-0.3, -0.25) is 28.6 Å². The molecule has 0 unspecified atom stereocenters. The summed E-state index contributed by atoms with van der Waals surface area (Å²) in [5, 5.41) is 0.116. The van der Waals surface area contributed by atoms with Crippen LogP contribution in [-0.4, -0.2) is 36.8 Å². The van der Waals surface area contributed by atoms with Gasteiger partial charge < -0.3 is 0 Å². The Morgan fingerprint density at radius 3 is 2.33 bits per heavy atom. The molecule has 33 heavy (non-hydrogen) atoms. The van der Waals surface area contributed by atoms with E-state index in [2.05, 4.69) is 4.98 Å². The number of carbonyl (C=O) groups is 2. The molecule has 0 fully saturated rings. The molecule has 0 saturated heterocycles. The van der Waals surface area contributed by atoms with Crippen LogP contribution in [0.3, 0.4) is 0 Å². The summed E-state index contributed by atoms with van der Waals surface area (Å²) < 4.78 is 37.9. The Kier molecular flexibility index (Phi) is 5.02. The van der Waals surface area contributed by atoms with Crippen LogP contribution in [0.15, 0.2) is 71.5 Å². The maximum absolute atomic E-state index is 14.1. The lowest BCUT2D eigenvalue weighted by atomic mass is 10.1. The number of imide groups is 1. The number of rotatable bonds is 3. The zero-order valence-corrected chi connectivity index (χ0v) is 18.7. The fourth-order valence-corrected chi connectivity index (χ4v) is 6.52. The van der Waals surface area contributed by atoms with Gasteiger partial charge in [0.15, 0.2) is 0 Å². The number of anilines is 1. The third kappa shape index (κ3) is 3.24. The lowest BCUT2D eigenvalue weighted by Gasteiger charge is -2.50. The molecule has 1 aromatic heterocycles. The molecule has 3 heterocycles. The highest BCUT2D eigenvalue weighted by atomic mass is 35.5. The van der Waals surface area contributed by atoms with Crippen molar-refractivity contribution in [1.29, 1.82) is 0 Å². The first-order valence-electron chi connectivity index (χ1n) is 9.88. The summed E-state index contributed by atoms with van der Waals surface area (Å²) in [7, 11) is -3.83. The van der Waals surface area contributed by atoms with Crippen molar-refractivity contribution < 1.29 is 23.1 Å². The molecule has 0 aliphatic carbocycles. The minimum absolute atomic E-state index is 0.0373. The number of nitrogens with zero attached hydrogens (tertiary/aromatic N) is 3. The molecule has 3 aromatic rings. The number of benzene rings is 2. The molecular formula is C23H17ClFN3O4S. The Labute approximate surface area is 195 Å². The minimum Gasteiger partial charge on any atom is -0.277 e. The van der Waals surface area contributed by atoms with Crippen LogP contribution in [0, 0.1) is 5.82 Å². The van der Waals surface area contributed by atoms with E-state index in [0.29, 0.717) is 5.56 Å². The molecule has 168 valence electrons. The SMILES string of the molecule is C[C@@H](C1=Cc2cccc(Cl)c2S(O)(O)N1c1cncc(F)c1)N1C(=O)c2ccccc2C1=O. The summed E-state index contributed by atoms with van der Waals surface area (Å²) in [4.78, 5) is 31.1. The number of carbonyl (C=O) groups excluding carboxylic acids is 2. The van der Waals surface area contributed by atoms with Crippen LogP contribution in [0.4, 0.5) is 10.1 Å². The van der Waals surface area contributed by atoms with Gasteiger partial charge in [-0.1, -0.05) is 46.6 Å². The van der Waals surface area contributed by atoms with E-state index in [1.807, 2.05) is 0 Å².